The zero-order chi connectivity index (χ0) is 15.6. The monoisotopic (exact) mass is 357 g/mol. The molecule has 1 aliphatic heterocycles. The lowest BCUT2D eigenvalue weighted by Gasteiger charge is -2.21. The van der Waals surface area contributed by atoms with Crippen LogP contribution in [0.2, 0.25) is 0 Å². The largest absolute Gasteiger partial charge is 0.418 e. The van der Waals surface area contributed by atoms with E-state index in [0.717, 1.165) is 12.8 Å². The first-order valence-corrected chi connectivity index (χ1v) is 8.26. The summed E-state index contributed by atoms with van der Waals surface area (Å²) in [5.74, 6) is 0.127. The predicted molar refractivity (Wildman–Crippen MR) is 80.5 cm³/mol. The molecule has 1 atom stereocenters. The fraction of sp³-hybridized carbons (Fsp3) is 0.714. The molecule has 1 aliphatic rings. The van der Waals surface area contributed by atoms with Gasteiger partial charge in [0.1, 0.15) is 6.04 Å². The summed E-state index contributed by atoms with van der Waals surface area (Å²) < 4.78 is 5.55. The minimum Gasteiger partial charge on any atom is -0.418 e. The summed E-state index contributed by atoms with van der Waals surface area (Å²) in [6.07, 6.45) is 2.30. The normalized spacial score (nSPS) is 19.0. The van der Waals surface area contributed by atoms with E-state index in [0.29, 0.717) is 18.9 Å². The highest BCUT2D eigenvalue weighted by molar-refractivity contribution is 9.09. The van der Waals surface area contributed by atoms with Crippen molar-refractivity contribution in [2.45, 2.75) is 51.5 Å². The van der Waals surface area contributed by atoms with Crippen LogP contribution in [0.3, 0.4) is 0 Å². The minimum atomic E-state index is -0.479. The average molecular weight is 358 g/mol. The van der Waals surface area contributed by atoms with Crippen molar-refractivity contribution in [2.24, 2.45) is 0 Å². The Morgan fingerprint density at radius 2 is 2.14 bits per heavy atom. The van der Waals surface area contributed by atoms with Gasteiger partial charge in [0.25, 0.3) is 5.89 Å². The van der Waals surface area contributed by atoms with Crippen LogP contribution in [0.1, 0.15) is 56.6 Å². The van der Waals surface area contributed by atoms with E-state index in [2.05, 4.69) is 26.1 Å². The first kappa shape index (κ1) is 16.1. The summed E-state index contributed by atoms with van der Waals surface area (Å²) in [4.78, 5) is 25.9. The average Bonchev–Trinajstić information content (AvgIpc) is 3.14. The molecule has 0 aliphatic carbocycles. The number of rotatable bonds is 5. The molecule has 7 heteroatoms. The number of halogens is 1. The van der Waals surface area contributed by atoms with Crippen molar-refractivity contribution in [3.63, 3.8) is 0 Å². The minimum absolute atomic E-state index is 0.00537. The molecule has 1 aromatic rings. The molecule has 0 saturated carbocycles. The maximum atomic E-state index is 12.5. The molecule has 0 radical (unpaired) electrons. The molecule has 0 bridgehead atoms. The maximum absolute atomic E-state index is 12.5. The van der Waals surface area contributed by atoms with Gasteiger partial charge in [-0.1, -0.05) is 36.7 Å². The second kappa shape index (κ2) is 6.25. The van der Waals surface area contributed by atoms with Crippen molar-refractivity contribution in [3.8, 4) is 0 Å². The van der Waals surface area contributed by atoms with E-state index in [-0.39, 0.29) is 28.3 Å². The number of alkyl halides is 1. The molecule has 0 aromatic carbocycles. The molecule has 1 amide bonds. The molecular weight excluding hydrogens is 338 g/mol. The van der Waals surface area contributed by atoms with E-state index >= 15 is 0 Å². The number of likely N-dealkylation sites (tertiary alicyclic amines) is 1. The Bertz CT molecular complexity index is 541. The number of carbonyl (C=O) groups is 2. The Morgan fingerprint density at radius 1 is 1.43 bits per heavy atom. The van der Waals surface area contributed by atoms with Crippen LogP contribution in [-0.4, -0.2) is 44.7 Å². The highest BCUT2D eigenvalue weighted by atomic mass is 79.9. The van der Waals surface area contributed by atoms with Gasteiger partial charge in [0.15, 0.2) is 0 Å². The quantitative estimate of drug-likeness (QED) is 0.596. The van der Waals surface area contributed by atoms with E-state index in [4.69, 9.17) is 4.42 Å². The van der Waals surface area contributed by atoms with Gasteiger partial charge in [0.05, 0.1) is 5.33 Å². The summed E-state index contributed by atoms with van der Waals surface area (Å²) in [7, 11) is 0. The standard InChI is InChI=1S/C14H20BrN3O3/c1-4-14(2,3)13-17-16-12(21-13)11(20)9-6-5-7-18(9)10(19)8-15/h9H,4-8H2,1-3H3/t9-/m0/s1. The van der Waals surface area contributed by atoms with E-state index in [1.54, 1.807) is 4.90 Å². The zero-order valence-electron chi connectivity index (χ0n) is 12.6. The van der Waals surface area contributed by atoms with Gasteiger partial charge in [-0.3, -0.25) is 9.59 Å². The summed E-state index contributed by atoms with van der Waals surface area (Å²) >= 11 is 3.14. The second-order valence-electron chi connectivity index (χ2n) is 5.89. The molecule has 116 valence electrons. The van der Waals surface area contributed by atoms with Gasteiger partial charge in [-0.2, -0.15) is 0 Å². The van der Waals surface area contributed by atoms with Gasteiger partial charge >= 0.3 is 0 Å². The fourth-order valence-corrected chi connectivity index (χ4v) is 2.63. The Kier molecular flexibility index (Phi) is 4.81. The molecule has 2 heterocycles. The molecule has 6 nitrogen and oxygen atoms in total. The molecule has 0 unspecified atom stereocenters. The number of Topliss-reactive ketones (excluding diaryl/α,β-unsaturated/α-hetero) is 1. The van der Waals surface area contributed by atoms with Crippen LogP contribution in [0.5, 0.6) is 0 Å². The molecule has 0 spiro atoms. The molecule has 1 fully saturated rings. The third-order valence-electron chi connectivity index (χ3n) is 4.09. The lowest BCUT2D eigenvalue weighted by Crippen LogP contribution is -2.41. The third-order valence-corrected chi connectivity index (χ3v) is 4.57. The Hall–Kier alpha value is -1.24. The zero-order valence-corrected chi connectivity index (χ0v) is 14.1. The molecule has 0 N–H and O–H groups in total. The van der Waals surface area contributed by atoms with Crippen molar-refractivity contribution >= 4 is 27.6 Å². The van der Waals surface area contributed by atoms with E-state index in [1.165, 1.54) is 0 Å². The van der Waals surface area contributed by atoms with Crippen molar-refractivity contribution in [3.05, 3.63) is 11.8 Å². The first-order valence-electron chi connectivity index (χ1n) is 7.14. The van der Waals surface area contributed by atoms with Crippen LogP contribution in [-0.2, 0) is 10.2 Å². The summed E-state index contributed by atoms with van der Waals surface area (Å²) in [5.41, 5.74) is -0.257. The SMILES string of the molecule is CCC(C)(C)c1nnc(C(=O)[C@@H]2CCCN2C(=O)CBr)o1. The number of aromatic nitrogens is 2. The summed E-state index contributed by atoms with van der Waals surface area (Å²) in [6.45, 7) is 6.61. The molecule has 1 aromatic heterocycles. The van der Waals surface area contributed by atoms with Crippen LogP contribution in [0.25, 0.3) is 0 Å². The van der Waals surface area contributed by atoms with Crippen LogP contribution < -0.4 is 0 Å². The fourth-order valence-electron chi connectivity index (χ4n) is 2.30. The molecule has 2 rings (SSSR count). The van der Waals surface area contributed by atoms with E-state index in [1.807, 2.05) is 20.8 Å². The van der Waals surface area contributed by atoms with Gasteiger partial charge < -0.3 is 9.32 Å². The lowest BCUT2D eigenvalue weighted by atomic mass is 9.90. The van der Waals surface area contributed by atoms with E-state index < -0.39 is 6.04 Å². The topological polar surface area (TPSA) is 76.3 Å². The smallest absolute Gasteiger partial charge is 0.286 e. The van der Waals surface area contributed by atoms with E-state index in [9.17, 15) is 9.59 Å². The summed E-state index contributed by atoms with van der Waals surface area (Å²) in [5, 5.41) is 8.09. The molecule has 21 heavy (non-hydrogen) atoms. The van der Waals surface area contributed by atoms with Gasteiger partial charge in [-0.25, -0.2) is 0 Å². The van der Waals surface area contributed by atoms with Gasteiger partial charge in [0, 0.05) is 12.0 Å². The predicted octanol–water partition coefficient (Wildman–Crippen LogP) is 2.33. The number of ketones is 1. The number of hydrogen-bond donors (Lipinski definition) is 0. The second-order valence-corrected chi connectivity index (χ2v) is 6.45. The number of amides is 1. The Morgan fingerprint density at radius 3 is 2.76 bits per heavy atom. The Labute approximate surface area is 132 Å². The van der Waals surface area contributed by atoms with Crippen LogP contribution >= 0.6 is 15.9 Å². The van der Waals surface area contributed by atoms with Crippen molar-refractivity contribution in [1.82, 2.24) is 15.1 Å². The van der Waals surface area contributed by atoms with Gasteiger partial charge in [-0.15, -0.1) is 10.2 Å². The number of carbonyl (C=O) groups excluding carboxylic acids is 2. The van der Waals surface area contributed by atoms with Crippen LogP contribution in [0, 0.1) is 0 Å². The van der Waals surface area contributed by atoms with Crippen molar-refractivity contribution < 1.29 is 14.0 Å². The van der Waals surface area contributed by atoms with Crippen molar-refractivity contribution in [2.75, 3.05) is 11.9 Å². The highest BCUT2D eigenvalue weighted by Gasteiger charge is 2.37. The molecular formula is C14H20BrN3O3. The lowest BCUT2D eigenvalue weighted by molar-refractivity contribution is -0.128. The van der Waals surface area contributed by atoms with Gasteiger partial charge in [0.2, 0.25) is 17.6 Å². The Balaban J connectivity index is 2.19. The highest BCUT2D eigenvalue weighted by Crippen LogP contribution is 2.27. The van der Waals surface area contributed by atoms with Crippen molar-refractivity contribution in [1.29, 1.82) is 0 Å². The number of hydrogen-bond acceptors (Lipinski definition) is 5. The third kappa shape index (κ3) is 3.17. The maximum Gasteiger partial charge on any atom is 0.286 e. The van der Waals surface area contributed by atoms with Crippen LogP contribution in [0.4, 0.5) is 0 Å². The van der Waals surface area contributed by atoms with Crippen LogP contribution in [0.15, 0.2) is 4.42 Å². The molecule has 1 saturated heterocycles. The summed E-state index contributed by atoms with van der Waals surface area (Å²) in [6, 6.07) is -0.479. The first-order chi connectivity index (χ1) is 9.90. The van der Waals surface area contributed by atoms with Gasteiger partial charge in [-0.05, 0) is 19.3 Å². The number of nitrogens with zero attached hydrogens (tertiary/aromatic N) is 3.